The van der Waals surface area contributed by atoms with E-state index in [9.17, 15) is 19.2 Å². The van der Waals surface area contributed by atoms with Crippen molar-refractivity contribution in [1.82, 2.24) is 10.6 Å². The quantitative estimate of drug-likeness (QED) is 0.0756. The van der Waals surface area contributed by atoms with E-state index < -0.39 is 24.8 Å². The minimum Gasteiger partial charge on any atom is -0.462 e. The molecule has 6 saturated heterocycles. The number of ketones is 2. The third-order valence-electron chi connectivity index (χ3n) is 27.6. The van der Waals surface area contributed by atoms with Crippen LogP contribution in [0.1, 0.15) is 205 Å². The van der Waals surface area contributed by atoms with Crippen molar-refractivity contribution >= 4 is 23.5 Å². The first kappa shape index (κ1) is 84.8. The SMILES string of the molecule is CCO[C@@H]1[C@@H](OC)[C@H](C)O[C@@H](O[C@@H]2C[C@H]3CC[C@@H]4[C@@H](C=C5C(=O)[C@H](C)[C@@H](O[C@H]6CC[C@H](CNC)[C@@H](C)O6)CCC[C@H](CC)OC(=O)C[C@H]54)[C@@H]3C2)[C@@H]1OC.CCO[C@@H]1[C@@H](OC)[C@H](C)O[C@@H](O[C@H]2C[C@H]3[C@@H]4C=C5C(=O)[C@H](C)[C@@H](O[C@H]6CC[C@H](CNC)[C@@H](C)O6)CCC[C@H](CC)OC(=O)C[C@H]5[C@@H]4C=C(C)[C@@H]3C2)[C@@H]1OC. The highest BCUT2D eigenvalue weighted by atomic mass is 16.7. The van der Waals surface area contributed by atoms with Crippen LogP contribution in [0.15, 0.2) is 34.9 Å². The Kier molecular flexibility index (Phi) is 31.1. The fourth-order valence-electron chi connectivity index (χ4n) is 21.8. The molecule has 0 aromatic rings. The highest BCUT2D eigenvalue weighted by molar-refractivity contribution is 6.00. The number of hydrogen-bond acceptors (Lipinski definition) is 22. The third-order valence-corrected chi connectivity index (χ3v) is 27.6. The van der Waals surface area contributed by atoms with Crippen LogP contribution in [-0.4, -0.2) is 215 Å². The first-order valence-electron chi connectivity index (χ1n) is 42.1. The fraction of sp³-hybridized carbons (Fsp3) is 0.882. The number of fused-ring (bicyclic) bond motifs is 10. The van der Waals surface area contributed by atoms with Crippen LogP contribution in [0, 0.1) is 82.9 Å². The van der Waals surface area contributed by atoms with Crippen LogP contribution >= 0.6 is 0 Å². The van der Waals surface area contributed by atoms with Gasteiger partial charge in [0, 0.05) is 78.4 Å². The minimum atomic E-state index is -0.596. The topological polar surface area (TPSA) is 240 Å². The summed E-state index contributed by atoms with van der Waals surface area (Å²) in [5.41, 5.74) is 2.90. The van der Waals surface area contributed by atoms with E-state index in [0.717, 1.165) is 133 Å². The lowest BCUT2D eigenvalue weighted by molar-refractivity contribution is -0.317. The smallest absolute Gasteiger partial charge is 0.306 e. The van der Waals surface area contributed by atoms with Gasteiger partial charge in [0.25, 0.3) is 0 Å². The number of carbonyl (C=O) groups excluding carboxylic acids is 4. The molecule has 6 aliphatic carbocycles. The van der Waals surface area contributed by atoms with E-state index in [4.69, 9.17) is 75.8 Å². The molecule has 12 aliphatic rings. The zero-order valence-corrected chi connectivity index (χ0v) is 68.0. The largest absolute Gasteiger partial charge is 0.462 e. The Labute approximate surface area is 640 Å². The standard InChI is InChI=1S/C43H69NO10.C42H69NO10/c1-10-28-13-12-14-36(54-38-16-15-27(22-44-7)25(5)50-38)24(4)39(46)35-20-33-31(34(35)21-37(45)52-28)17-23(3)30-18-29(19-32(30)33)53-43-42(48-9)41(49-11-2)40(47-8)26(6)51-43;1-9-28-12-11-13-35(53-37-17-15-27(22-43-6)24(4)49-37)23(3)38(45)34-20-32-30(33(34)21-36(44)51-28)16-14-26-18-29(19-31(26)32)52-42-41(47-8)40(48-10-2)39(46-7)25(5)50-42/h17,20,24-34,36,38,40-44H,10-16,18-19,21-22H2,1-9H3;20,23-33,35,37,39-43H,9-19,21-22H2,1-8H3/t24-,25-,26+,27-,28+,29-,30+,31-,32-,33-,34+,36+,38+,40+,41-,42-,43+;23-,24-,25+,26-,27-,28+,29-,30-,31-,32-,33+,35+,37+,39+,40-,41-,42+/m11/s1. The van der Waals surface area contributed by atoms with Crippen LogP contribution < -0.4 is 10.6 Å². The summed E-state index contributed by atoms with van der Waals surface area (Å²) in [6.45, 7) is 25.5. The summed E-state index contributed by atoms with van der Waals surface area (Å²) in [7, 11) is 10.7. The fourth-order valence-corrected chi connectivity index (χ4v) is 21.8. The Morgan fingerprint density at radius 3 is 1.37 bits per heavy atom. The molecular weight excluding hydrogens is 1370 g/mol. The Hall–Kier alpha value is -3.14. The summed E-state index contributed by atoms with van der Waals surface area (Å²) in [4.78, 5) is 56.6. The Bertz CT molecular complexity index is 2970. The van der Waals surface area contributed by atoms with E-state index in [2.05, 4.69) is 63.5 Å². The predicted octanol–water partition coefficient (Wildman–Crippen LogP) is 12.2. The molecule has 22 nitrogen and oxygen atoms in total. The number of allylic oxidation sites excluding steroid dienone is 6. The van der Waals surface area contributed by atoms with Gasteiger partial charge in [-0.25, -0.2) is 0 Å². The maximum atomic E-state index is 14.8. The summed E-state index contributed by atoms with van der Waals surface area (Å²) in [6.07, 6.45) is 17.7. The van der Waals surface area contributed by atoms with Gasteiger partial charge in [-0.1, -0.05) is 51.5 Å². The van der Waals surface area contributed by atoms with Crippen molar-refractivity contribution in [3.8, 4) is 0 Å². The van der Waals surface area contributed by atoms with Gasteiger partial charge < -0.3 is 86.4 Å². The number of nitrogens with one attached hydrogen (secondary N) is 2. The molecule has 0 unspecified atom stereocenters. The first-order valence-corrected chi connectivity index (χ1v) is 42.1. The molecule has 6 aliphatic heterocycles. The molecule has 0 aromatic carbocycles. The second kappa shape index (κ2) is 39.3. The monoisotopic (exact) mass is 1510 g/mol. The lowest BCUT2D eigenvalue weighted by atomic mass is 9.66. The molecule has 6 heterocycles. The van der Waals surface area contributed by atoms with Crippen molar-refractivity contribution < 1.29 is 95.0 Å². The van der Waals surface area contributed by atoms with Crippen LogP contribution in [-0.2, 0) is 95.0 Å². The van der Waals surface area contributed by atoms with E-state index >= 15 is 0 Å². The highest BCUT2D eigenvalue weighted by Crippen LogP contribution is 2.59. The lowest BCUT2D eigenvalue weighted by Gasteiger charge is -2.44. The Morgan fingerprint density at radius 1 is 0.439 bits per heavy atom. The number of methoxy groups -OCH3 is 4. The van der Waals surface area contributed by atoms with Gasteiger partial charge in [-0.3, -0.25) is 19.2 Å². The number of carbonyl (C=O) groups is 4. The van der Waals surface area contributed by atoms with Gasteiger partial charge >= 0.3 is 11.9 Å². The molecule has 107 heavy (non-hydrogen) atoms. The van der Waals surface area contributed by atoms with Gasteiger partial charge in [0.05, 0.1) is 61.7 Å². The predicted molar refractivity (Wildman–Crippen MR) is 402 cm³/mol. The second-order valence-electron chi connectivity index (χ2n) is 33.9. The van der Waals surface area contributed by atoms with E-state index in [0.29, 0.717) is 49.2 Å². The molecule has 22 heteroatoms. The normalized spacial score (nSPS) is 44.9. The number of esters is 2. The molecule has 3 saturated carbocycles. The molecule has 0 bridgehead atoms. The van der Waals surface area contributed by atoms with Crippen molar-refractivity contribution in [2.24, 2.45) is 82.9 Å². The Balaban J connectivity index is 0.000000213. The number of Topliss-reactive ketones (excluding diaryl/α,β-unsaturated/α-hetero) is 2. The highest BCUT2D eigenvalue weighted by Gasteiger charge is 2.57. The van der Waals surface area contributed by atoms with Gasteiger partial charge in [0.2, 0.25) is 0 Å². The van der Waals surface area contributed by atoms with Crippen molar-refractivity contribution in [3.63, 3.8) is 0 Å². The molecule has 12 rings (SSSR count). The molecule has 0 amide bonds. The van der Waals surface area contributed by atoms with Crippen LogP contribution in [0.4, 0.5) is 0 Å². The van der Waals surface area contributed by atoms with Gasteiger partial charge in [-0.05, 0) is 248 Å². The number of rotatable bonds is 22. The molecule has 0 spiro atoms. The summed E-state index contributed by atoms with van der Waals surface area (Å²) < 4.78 is 100. The van der Waals surface area contributed by atoms with Gasteiger partial charge in [0.1, 0.15) is 48.8 Å². The van der Waals surface area contributed by atoms with Crippen LogP contribution in [0.25, 0.3) is 0 Å². The maximum Gasteiger partial charge on any atom is 0.306 e. The van der Waals surface area contributed by atoms with E-state index in [1.807, 2.05) is 55.6 Å². The van der Waals surface area contributed by atoms with Crippen LogP contribution in [0.5, 0.6) is 0 Å². The van der Waals surface area contributed by atoms with E-state index in [-0.39, 0.29) is 188 Å². The molecule has 34 atom stereocenters. The van der Waals surface area contributed by atoms with Crippen molar-refractivity contribution in [2.45, 2.75) is 327 Å². The van der Waals surface area contributed by atoms with Crippen molar-refractivity contribution in [3.05, 3.63) is 34.9 Å². The third kappa shape index (κ3) is 19.5. The zero-order valence-electron chi connectivity index (χ0n) is 68.0. The van der Waals surface area contributed by atoms with E-state index in [1.165, 1.54) is 5.57 Å². The first-order chi connectivity index (χ1) is 51.6. The zero-order chi connectivity index (χ0) is 76.5. The molecule has 608 valence electrons. The second-order valence-corrected chi connectivity index (χ2v) is 33.9. The summed E-state index contributed by atoms with van der Waals surface area (Å²) in [6, 6.07) is 0. The van der Waals surface area contributed by atoms with Crippen molar-refractivity contribution in [2.75, 3.05) is 68.8 Å². The average Bonchev–Trinajstić information content (AvgIpc) is 1.60. The summed E-state index contributed by atoms with van der Waals surface area (Å²) in [5, 5.41) is 6.57. The van der Waals surface area contributed by atoms with Crippen LogP contribution in [0.3, 0.4) is 0 Å². The molecule has 0 radical (unpaired) electrons. The molecule has 2 N–H and O–H groups in total. The van der Waals surface area contributed by atoms with Gasteiger partial charge in [-0.15, -0.1) is 0 Å². The van der Waals surface area contributed by atoms with Crippen molar-refractivity contribution in [1.29, 1.82) is 0 Å². The number of cyclic esters (lactones) is 2. The molecular formula is C85H138N2O20. The minimum absolute atomic E-state index is 0.00162. The molecule has 9 fully saturated rings. The Morgan fingerprint density at radius 2 is 0.907 bits per heavy atom. The summed E-state index contributed by atoms with van der Waals surface area (Å²) >= 11 is 0. The van der Waals surface area contributed by atoms with Gasteiger partial charge in [-0.2, -0.15) is 0 Å². The van der Waals surface area contributed by atoms with Crippen LogP contribution in [0.2, 0.25) is 0 Å². The molecule has 0 aromatic heterocycles. The van der Waals surface area contributed by atoms with E-state index in [1.54, 1.807) is 28.4 Å². The summed E-state index contributed by atoms with van der Waals surface area (Å²) in [5.74, 6) is 1.65. The lowest BCUT2D eigenvalue weighted by Crippen LogP contribution is -2.60. The maximum absolute atomic E-state index is 14.8. The average molecular weight is 1510 g/mol. The van der Waals surface area contributed by atoms with Gasteiger partial charge in [0.15, 0.2) is 36.7 Å². The number of ether oxygens (including phenoxy) is 16. The number of hydrogen-bond donors (Lipinski definition) is 2.